The predicted octanol–water partition coefficient (Wildman–Crippen LogP) is 3.82. The fraction of sp³-hybridized carbons (Fsp3) is 0.357. The van der Waals surface area contributed by atoms with Crippen LogP contribution in [0, 0.1) is 26.7 Å². The predicted molar refractivity (Wildman–Crippen MR) is 72.9 cm³/mol. The van der Waals surface area contributed by atoms with Crippen molar-refractivity contribution in [3.8, 4) is 17.9 Å². The van der Waals surface area contributed by atoms with Gasteiger partial charge in [-0.1, -0.05) is 0 Å². The molecule has 1 aromatic carbocycles. The molecule has 1 aliphatic rings. The second kappa shape index (κ2) is 5.37. The van der Waals surface area contributed by atoms with E-state index >= 15 is 0 Å². The van der Waals surface area contributed by atoms with Crippen molar-refractivity contribution in [1.82, 2.24) is 0 Å². The van der Waals surface area contributed by atoms with E-state index in [1.807, 2.05) is 18.2 Å². The molecule has 0 saturated carbocycles. The highest BCUT2D eigenvalue weighted by atomic mass is 127. The Labute approximate surface area is 110 Å². The average molecular weight is 321 g/mol. The minimum absolute atomic E-state index is 0.558. The summed E-state index contributed by atoms with van der Waals surface area (Å²) < 4.78 is 1.27. The second-order valence-corrected chi connectivity index (χ2v) is 5.14. The smallest absolute Gasteiger partial charge is 0.0991 e. The lowest BCUT2D eigenvalue weighted by Gasteiger charge is -2.16. The average Bonchev–Trinajstić information content (AvgIpc) is 2.58. The highest BCUT2D eigenvalue weighted by molar-refractivity contribution is 14.1. The van der Waals surface area contributed by atoms with E-state index < -0.39 is 0 Å². The van der Waals surface area contributed by atoms with Gasteiger partial charge < -0.3 is 0 Å². The van der Waals surface area contributed by atoms with Crippen molar-refractivity contribution in [2.45, 2.75) is 31.6 Å². The third kappa shape index (κ3) is 2.57. The third-order valence-corrected chi connectivity index (χ3v) is 3.91. The molecular weight excluding hydrogens is 309 g/mol. The quantitative estimate of drug-likeness (QED) is 0.570. The van der Waals surface area contributed by atoms with Crippen LogP contribution in [0.3, 0.4) is 0 Å². The standard InChI is InChI=1S/C14H12IN/c15-14-8-7-11(10-16)9-13(14)12-5-3-1-2-4-6-12/h7-9,12H,3-6H2. The molecule has 16 heavy (non-hydrogen) atoms. The summed E-state index contributed by atoms with van der Waals surface area (Å²) in [4.78, 5) is 0. The normalized spacial score (nSPS) is 15.8. The summed E-state index contributed by atoms with van der Waals surface area (Å²) in [6.45, 7) is 0. The van der Waals surface area contributed by atoms with Crippen LogP contribution >= 0.6 is 22.6 Å². The van der Waals surface area contributed by atoms with Crippen LogP contribution < -0.4 is 0 Å². The third-order valence-electron chi connectivity index (χ3n) is 2.93. The van der Waals surface area contributed by atoms with Gasteiger partial charge in [-0.3, -0.25) is 0 Å². The molecule has 1 aliphatic carbocycles. The zero-order chi connectivity index (χ0) is 11.4. The molecule has 80 valence electrons. The molecule has 0 heterocycles. The van der Waals surface area contributed by atoms with Gasteiger partial charge in [0.15, 0.2) is 0 Å². The molecule has 0 unspecified atom stereocenters. The summed E-state index contributed by atoms with van der Waals surface area (Å²) in [5, 5.41) is 8.93. The number of hydrogen-bond donors (Lipinski definition) is 0. The lowest BCUT2D eigenvalue weighted by Crippen LogP contribution is -2.01. The maximum Gasteiger partial charge on any atom is 0.0991 e. The van der Waals surface area contributed by atoms with Crippen molar-refractivity contribution in [3.63, 3.8) is 0 Å². The van der Waals surface area contributed by atoms with Gasteiger partial charge in [-0.05, 0) is 65.1 Å². The Morgan fingerprint density at radius 1 is 1.25 bits per heavy atom. The SMILES string of the molecule is N#Cc1ccc(I)c(C2CCC#CCC2)c1. The van der Waals surface area contributed by atoms with E-state index in [-0.39, 0.29) is 0 Å². The van der Waals surface area contributed by atoms with Crippen LogP contribution in [0.15, 0.2) is 18.2 Å². The number of halogens is 1. The molecular formula is C14H12IN. The van der Waals surface area contributed by atoms with E-state index in [4.69, 9.17) is 5.26 Å². The maximum atomic E-state index is 8.93. The van der Waals surface area contributed by atoms with Gasteiger partial charge in [-0.25, -0.2) is 0 Å². The monoisotopic (exact) mass is 321 g/mol. The molecule has 0 aromatic heterocycles. The first-order chi connectivity index (χ1) is 7.81. The van der Waals surface area contributed by atoms with Gasteiger partial charge >= 0.3 is 0 Å². The van der Waals surface area contributed by atoms with Gasteiger partial charge in [0.1, 0.15) is 0 Å². The number of nitriles is 1. The molecule has 1 nitrogen and oxygen atoms in total. The molecule has 0 bridgehead atoms. The molecule has 0 spiro atoms. The molecule has 0 fully saturated rings. The van der Waals surface area contributed by atoms with Crippen LogP contribution in [-0.2, 0) is 0 Å². The van der Waals surface area contributed by atoms with Crippen molar-refractivity contribution < 1.29 is 0 Å². The molecule has 0 radical (unpaired) electrons. The van der Waals surface area contributed by atoms with Crippen molar-refractivity contribution >= 4 is 22.6 Å². The van der Waals surface area contributed by atoms with Gasteiger partial charge in [-0.15, -0.1) is 11.8 Å². The van der Waals surface area contributed by atoms with E-state index in [0.717, 1.165) is 31.2 Å². The van der Waals surface area contributed by atoms with E-state index in [9.17, 15) is 0 Å². The van der Waals surface area contributed by atoms with E-state index in [1.165, 1.54) is 9.13 Å². The molecule has 0 aliphatic heterocycles. The largest absolute Gasteiger partial charge is 0.192 e. The highest BCUT2D eigenvalue weighted by Crippen LogP contribution is 2.31. The topological polar surface area (TPSA) is 23.8 Å². The lowest BCUT2D eigenvalue weighted by molar-refractivity contribution is 0.603. The summed E-state index contributed by atoms with van der Waals surface area (Å²) in [5.74, 6) is 6.91. The van der Waals surface area contributed by atoms with Crippen LogP contribution in [0.2, 0.25) is 0 Å². The Bertz CT molecular complexity index is 476. The summed E-state index contributed by atoms with van der Waals surface area (Å²) >= 11 is 2.36. The Morgan fingerprint density at radius 2 is 1.94 bits per heavy atom. The lowest BCUT2D eigenvalue weighted by atomic mass is 9.90. The molecule has 0 amide bonds. The Kier molecular flexibility index (Phi) is 3.85. The molecule has 0 atom stereocenters. The molecule has 0 N–H and O–H groups in total. The number of benzene rings is 1. The summed E-state index contributed by atoms with van der Waals surface area (Å²) in [6, 6.07) is 8.18. The van der Waals surface area contributed by atoms with Crippen LogP contribution in [0.4, 0.5) is 0 Å². The van der Waals surface area contributed by atoms with Gasteiger partial charge in [0.05, 0.1) is 11.6 Å². The summed E-state index contributed by atoms with van der Waals surface area (Å²) in [7, 11) is 0. The first kappa shape index (κ1) is 11.5. The molecule has 1 aromatic rings. The van der Waals surface area contributed by atoms with Crippen molar-refractivity contribution in [2.24, 2.45) is 0 Å². The zero-order valence-electron chi connectivity index (χ0n) is 8.96. The zero-order valence-corrected chi connectivity index (χ0v) is 11.1. The Hall–Kier alpha value is -1.00. The van der Waals surface area contributed by atoms with Crippen LogP contribution in [0.5, 0.6) is 0 Å². The first-order valence-corrected chi connectivity index (χ1v) is 6.54. The fourth-order valence-electron chi connectivity index (χ4n) is 2.05. The Balaban J connectivity index is 2.28. The second-order valence-electron chi connectivity index (χ2n) is 3.98. The molecule has 0 saturated heterocycles. The van der Waals surface area contributed by atoms with Crippen LogP contribution in [0.1, 0.15) is 42.7 Å². The van der Waals surface area contributed by atoms with E-state index in [1.54, 1.807) is 0 Å². The Morgan fingerprint density at radius 3 is 2.56 bits per heavy atom. The van der Waals surface area contributed by atoms with Gasteiger partial charge in [0.2, 0.25) is 0 Å². The van der Waals surface area contributed by atoms with Crippen LogP contribution in [-0.4, -0.2) is 0 Å². The highest BCUT2D eigenvalue weighted by Gasteiger charge is 2.15. The summed E-state index contributed by atoms with van der Waals surface area (Å²) in [6.07, 6.45) is 4.21. The number of nitrogens with zero attached hydrogens (tertiary/aromatic N) is 1. The first-order valence-electron chi connectivity index (χ1n) is 5.46. The van der Waals surface area contributed by atoms with Crippen molar-refractivity contribution in [1.29, 1.82) is 5.26 Å². The van der Waals surface area contributed by atoms with Gasteiger partial charge in [-0.2, -0.15) is 5.26 Å². The van der Waals surface area contributed by atoms with Crippen molar-refractivity contribution in [3.05, 3.63) is 32.9 Å². The van der Waals surface area contributed by atoms with Crippen LogP contribution in [0.25, 0.3) is 0 Å². The number of rotatable bonds is 1. The minimum Gasteiger partial charge on any atom is -0.192 e. The minimum atomic E-state index is 0.558. The molecule has 2 rings (SSSR count). The van der Waals surface area contributed by atoms with Gasteiger partial charge in [0.25, 0.3) is 0 Å². The molecule has 2 heteroatoms. The van der Waals surface area contributed by atoms with Gasteiger partial charge in [0, 0.05) is 16.4 Å². The summed E-state index contributed by atoms with van der Waals surface area (Å²) in [5.41, 5.74) is 2.09. The van der Waals surface area contributed by atoms with Crippen molar-refractivity contribution in [2.75, 3.05) is 0 Å². The van der Waals surface area contributed by atoms with E-state index in [2.05, 4.69) is 40.5 Å². The maximum absolute atomic E-state index is 8.93. The number of hydrogen-bond acceptors (Lipinski definition) is 1. The van der Waals surface area contributed by atoms with E-state index in [0.29, 0.717) is 5.92 Å². The fourth-order valence-corrected chi connectivity index (χ4v) is 2.83.